The lowest BCUT2D eigenvalue weighted by Gasteiger charge is -2.08. The van der Waals surface area contributed by atoms with Gasteiger partial charge in [0.05, 0.1) is 34.3 Å². The lowest BCUT2D eigenvalue weighted by atomic mass is 10.3. The zero-order chi connectivity index (χ0) is 18.8. The van der Waals surface area contributed by atoms with Crippen molar-refractivity contribution in [2.45, 2.75) is 19.9 Å². The number of halogens is 2. The zero-order valence-corrected chi connectivity index (χ0v) is 17.5. The molecule has 0 bridgehead atoms. The molecule has 3 aromatic rings. The van der Waals surface area contributed by atoms with Crippen LogP contribution in [0.5, 0.6) is 11.5 Å². The van der Waals surface area contributed by atoms with Gasteiger partial charge in [-0.1, -0.05) is 41.5 Å². The average Bonchev–Trinajstić information content (AvgIpc) is 3.13. The van der Waals surface area contributed by atoms with Crippen molar-refractivity contribution in [3.05, 3.63) is 37.2 Å². The molecule has 9 heteroatoms. The minimum atomic E-state index is -0.409. The maximum Gasteiger partial charge on any atom is 0.282 e. The Labute approximate surface area is 168 Å². The van der Waals surface area contributed by atoms with Gasteiger partial charge in [-0.3, -0.25) is 4.79 Å². The summed E-state index contributed by atoms with van der Waals surface area (Å²) in [5.41, 5.74) is 1.26. The summed E-state index contributed by atoms with van der Waals surface area (Å²) in [6.45, 7) is 2.79. The number of ether oxygens (including phenoxy) is 2. The number of thiazole rings is 1. The SMILES string of the molecule is CCCn1c(=NC(=O)c2cc(Cl)sc2Cl)sc2cc(OC)c(OC)cc21. The molecule has 1 amide bonds. The van der Waals surface area contributed by atoms with Crippen molar-refractivity contribution in [2.24, 2.45) is 4.99 Å². The van der Waals surface area contributed by atoms with Gasteiger partial charge in [0, 0.05) is 18.7 Å². The predicted molar refractivity (Wildman–Crippen MR) is 107 cm³/mol. The van der Waals surface area contributed by atoms with Crippen LogP contribution in [0.1, 0.15) is 23.7 Å². The molecule has 0 fully saturated rings. The third kappa shape index (κ3) is 3.62. The van der Waals surface area contributed by atoms with E-state index in [9.17, 15) is 4.79 Å². The van der Waals surface area contributed by atoms with Crippen molar-refractivity contribution in [3.8, 4) is 11.5 Å². The van der Waals surface area contributed by atoms with Crippen molar-refractivity contribution in [2.75, 3.05) is 14.2 Å². The smallest absolute Gasteiger partial charge is 0.282 e. The summed E-state index contributed by atoms with van der Waals surface area (Å²) in [6, 6.07) is 5.34. The summed E-state index contributed by atoms with van der Waals surface area (Å²) >= 11 is 14.6. The summed E-state index contributed by atoms with van der Waals surface area (Å²) < 4.78 is 14.5. The van der Waals surface area contributed by atoms with E-state index >= 15 is 0 Å². The van der Waals surface area contributed by atoms with Crippen LogP contribution in [-0.2, 0) is 6.54 Å². The molecule has 138 valence electrons. The van der Waals surface area contributed by atoms with E-state index in [0.29, 0.717) is 30.5 Å². The topological polar surface area (TPSA) is 52.8 Å². The van der Waals surface area contributed by atoms with Gasteiger partial charge in [0.15, 0.2) is 16.3 Å². The molecule has 5 nitrogen and oxygen atoms in total. The quantitative estimate of drug-likeness (QED) is 0.555. The molecule has 3 rings (SSSR count). The van der Waals surface area contributed by atoms with Crippen LogP contribution < -0.4 is 14.3 Å². The van der Waals surface area contributed by atoms with Crippen LogP contribution >= 0.6 is 45.9 Å². The van der Waals surface area contributed by atoms with Gasteiger partial charge in [0.1, 0.15) is 4.34 Å². The summed E-state index contributed by atoms with van der Waals surface area (Å²) in [5.74, 6) is 0.858. The molecule has 26 heavy (non-hydrogen) atoms. The van der Waals surface area contributed by atoms with Crippen LogP contribution in [0.2, 0.25) is 8.67 Å². The Hall–Kier alpha value is -1.54. The molecule has 0 aliphatic rings. The Bertz CT molecular complexity index is 1040. The third-order valence-electron chi connectivity index (χ3n) is 3.72. The van der Waals surface area contributed by atoms with E-state index in [1.54, 1.807) is 20.3 Å². The van der Waals surface area contributed by atoms with E-state index in [-0.39, 0.29) is 0 Å². The Morgan fingerprint density at radius 3 is 2.42 bits per heavy atom. The molecule has 0 aliphatic heterocycles. The first-order chi connectivity index (χ1) is 12.5. The molecule has 0 spiro atoms. The lowest BCUT2D eigenvalue weighted by molar-refractivity contribution is 0.0998. The van der Waals surface area contributed by atoms with E-state index in [2.05, 4.69) is 11.9 Å². The van der Waals surface area contributed by atoms with Gasteiger partial charge in [-0.25, -0.2) is 0 Å². The van der Waals surface area contributed by atoms with Gasteiger partial charge in [0.2, 0.25) is 0 Å². The predicted octanol–water partition coefficient (Wildman–Crippen LogP) is 5.24. The number of thiophene rings is 1. The highest BCUT2D eigenvalue weighted by Crippen LogP contribution is 2.34. The number of hydrogen-bond donors (Lipinski definition) is 0. The number of amides is 1. The van der Waals surface area contributed by atoms with E-state index in [4.69, 9.17) is 32.7 Å². The van der Waals surface area contributed by atoms with Crippen LogP contribution in [0, 0.1) is 0 Å². The highest BCUT2D eigenvalue weighted by Gasteiger charge is 2.16. The van der Waals surface area contributed by atoms with Gasteiger partial charge < -0.3 is 14.0 Å². The summed E-state index contributed by atoms with van der Waals surface area (Å²) in [5, 5.41) is 0. The fourth-order valence-electron chi connectivity index (χ4n) is 2.55. The number of methoxy groups -OCH3 is 2. The van der Waals surface area contributed by atoms with Crippen molar-refractivity contribution in [1.82, 2.24) is 4.57 Å². The number of rotatable bonds is 5. The first kappa shape index (κ1) is 19.2. The molecule has 0 N–H and O–H groups in total. The van der Waals surface area contributed by atoms with Crippen LogP contribution in [-0.4, -0.2) is 24.7 Å². The number of benzene rings is 1. The Balaban J connectivity index is 2.19. The first-order valence-electron chi connectivity index (χ1n) is 7.77. The van der Waals surface area contributed by atoms with E-state index in [1.165, 1.54) is 11.3 Å². The minimum Gasteiger partial charge on any atom is -0.493 e. The summed E-state index contributed by atoms with van der Waals surface area (Å²) in [4.78, 5) is 17.5. The number of hydrogen-bond acceptors (Lipinski definition) is 5. The van der Waals surface area contributed by atoms with Crippen LogP contribution in [0.15, 0.2) is 23.2 Å². The maximum atomic E-state index is 12.6. The van der Waals surface area contributed by atoms with Gasteiger partial charge >= 0.3 is 0 Å². The molecule has 0 radical (unpaired) electrons. The molecule has 1 aromatic carbocycles. The van der Waals surface area contributed by atoms with Crippen molar-refractivity contribution >= 4 is 62.0 Å². The first-order valence-corrected chi connectivity index (χ1v) is 10.2. The molecule has 0 unspecified atom stereocenters. The highest BCUT2D eigenvalue weighted by molar-refractivity contribution is 7.20. The van der Waals surface area contributed by atoms with E-state index < -0.39 is 5.91 Å². The fraction of sp³-hybridized carbons (Fsp3) is 0.294. The Kier molecular flexibility index (Phi) is 5.92. The van der Waals surface area contributed by atoms with Crippen LogP contribution in [0.4, 0.5) is 0 Å². The number of aryl methyl sites for hydroxylation is 1. The lowest BCUT2D eigenvalue weighted by Crippen LogP contribution is -2.16. The number of carbonyl (C=O) groups excluding carboxylic acids is 1. The molecule has 0 saturated carbocycles. The largest absolute Gasteiger partial charge is 0.493 e. The summed E-state index contributed by atoms with van der Waals surface area (Å²) in [7, 11) is 3.19. The second-order valence-electron chi connectivity index (χ2n) is 5.37. The van der Waals surface area contributed by atoms with Crippen molar-refractivity contribution in [1.29, 1.82) is 0 Å². The third-order valence-corrected chi connectivity index (χ3v) is 6.25. The molecule has 2 heterocycles. The highest BCUT2D eigenvalue weighted by atomic mass is 35.5. The number of nitrogens with zero attached hydrogens (tertiary/aromatic N) is 2. The van der Waals surface area contributed by atoms with Crippen molar-refractivity contribution < 1.29 is 14.3 Å². The normalized spacial score (nSPS) is 12.0. The van der Waals surface area contributed by atoms with E-state index in [0.717, 1.165) is 34.5 Å². The van der Waals surface area contributed by atoms with E-state index in [1.807, 2.05) is 16.7 Å². The molecule has 0 atom stereocenters. The Morgan fingerprint density at radius 1 is 1.15 bits per heavy atom. The second kappa shape index (κ2) is 8.00. The van der Waals surface area contributed by atoms with Crippen LogP contribution in [0.25, 0.3) is 10.2 Å². The molecule has 0 aliphatic carbocycles. The Morgan fingerprint density at radius 2 is 1.85 bits per heavy atom. The number of fused-ring (bicyclic) bond motifs is 1. The van der Waals surface area contributed by atoms with Gasteiger partial charge in [-0.2, -0.15) is 4.99 Å². The monoisotopic (exact) mass is 430 g/mol. The fourth-order valence-corrected chi connectivity index (χ4v) is 5.07. The molecule has 2 aromatic heterocycles. The molecule has 0 saturated heterocycles. The summed E-state index contributed by atoms with van der Waals surface area (Å²) in [6.07, 6.45) is 0.895. The standard InChI is InChI=1S/C17H16Cl2N2O3S2/c1-4-5-21-10-7-11(23-2)12(24-3)8-13(10)25-17(21)20-16(22)9-6-14(18)26-15(9)19/h6-8H,4-5H2,1-3H3. The van der Waals surface area contributed by atoms with Crippen LogP contribution in [0.3, 0.4) is 0 Å². The van der Waals surface area contributed by atoms with Gasteiger partial charge in [-0.15, -0.1) is 11.3 Å². The average molecular weight is 431 g/mol. The maximum absolute atomic E-state index is 12.6. The van der Waals surface area contributed by atoms with Gasteiger partial charge in [0.25, 0.3) is 5.91 Å². The minimum absolute atomic E-state index is 0.317. The second-order valence-corrected chi connectivity index (χ2v) is 8.66. The molecular formula is C17H16Cl2N2O3S2. The van der Waals surface area contributed by atoms with Gasteiger partial charge in [-0.05, 0) is 12.5 Å². The van der Waals surface area contributed by atoms with Crippen molar-refractivity contribution in [3.63, 3.8) is 0 Å². The number of carbonyl (C=O) groups is 1. The zero-order valence-electron chi connectivity index (χ0n) is 14.3. The molecular weight excluding hydrogens is 415 g/mol. The number of aromatic nitrogens is 1.